The minimum absolute atomic E-state index is 0.0187. The standard InChI is InChI=1S/C22H31NO3/c1-22(2)13-11-16(12-14-22)19(15-7-4-3-5-8-15)23-20(24)17-9-6-10-18(17)21(25)26/h3-5,7-8,16-19H,6,9-14H2,1-2H3,(H,23,24)(H,25,26)/t17?,18?,19-/m0/s1. The molecule has 2 unspecified atom stereocenters. The molecule has 0 heterocycles. The molecule has 0 aromatic heterocycles. The Labute approximate surface area is 156 Å². The number of amides is 1. The summed E-state index contributed by atoms with van der Waals surface area (Å²) >= 11 is 0. The highest BCUT2D eigenvalue weighted by Crippen LogP contribution is 2.43. The molecule has 2 fully saturated rings. The molecule has 142 valence electrons. The normalized spacial score (nSPS) is 27.0. The van der Waals surface area contributed by atoms with Gasteiger partial charge in [0.1, 0.15) is 0 Å². The minimum atomic E-state index is -0.835. The number of carbonyl (C=O) groups excluding carboxylic acids is 1. The Kier molecular flexibility index (Phi) is 5.69. The molecule has 0 bridgehead atoms. The molecule has 4 nitrogen and oxygen atoms in total. The highest BCUT2D eigenvalue weighted by Gasteiger charge is 2.40. The first kappa shape index (κ1) is 18.9. The SMILES string of the molecule is CC1(C)CCC([C@@H](NC(=O)C2CCCC2C(=O)O)c2ccccc2)CC1. The van der Waals surface area contributed by atoms with E-state index < -0.39 is 17.8 Å². The summed E-state index contributed by atoms with van der Waals surface area (Å²) in [6.45, 7) is 4.63. The highest BCUT2D eigenvalue weighted by molar-refractivity contribution is 5.85. The summed E-state index contributed by atoms with van der Waals surface area (Å²) in [5.74, 6) is -1.42. The van der Waals surface area contributed by atoms with Crippen molar-refractivity contribution in [3.8, 4) is 0 Å². The van der Waals surface area contributed by atoms with Gasteiger partial charge < -0.3 is 10.4 Å². The van der Waals surface area contributed by atoms with Crippen molar-refractivity contribution in [1.29, 1.82) is 0 Å². The van der Waals surface area contributed by atoms with E-state index in [2.05, 4.69) is 31.3 Å². The van der Waals surface area contributed by atoms with E-state index in [1.54, 1.807) is 0 Å². The molecule has 2 aliphatic rings. The minimum Gasteiger partial charge on any atom is -0.481 e. The fraction of sp³-hybridized carbons (Fsp3) is 0.636. The Bertz CT molecular complexity index is 630. The van der Waals surface area contributed by atoms with Crippen LogP contribution in [0.2, 0.25) is 0 Å². The second-order valence-electron chi connectivity index (χ2n) is 8.88. The van der Waals surface area contributed by atoms with Gasteiger partial charge in [-0.2, -0.15) is 0 Å². The van der Waals surface area contributed by atoms with Crippen LogP contribution in [0.15, 0.2) is 30.3 Å². The van der Waals surface area contributed by atoms with Crippen LogP contribution in [0, 0.1) is 23.2 Å². The number of nitrogens with one attached hydrogen (secondary N) is 1. The number of carbonyl (C=O) groups is 2. The van der Waals surface area contributed by atoms with E-state index in [4.69, 9.17) is 0 Å². The van der Waals surface area contributed by atoms with Crippen LogP contribution in [0.1, 0.15) is 70.4 Å². The second kappa shape index (κ2) is 7.81. The number of aliphatic carboxylic acids is 1. The number of rotatable bonds is 5. The maximum Gasteiger partial charge on any atom is 0.307 e. The molecule has 26 heavy (non-hydrogen) atoms. The Hall–Kier alpha value is -1.84. The number of hydrogen-bond donors (Lipinski definition) is 2. The summed E-state index contributed by atoms with van der Waals surface area (Å²) in [4.78, 5) is 24.4. The number of benzene rings is 1. The van der Waals surface area contributed by atoms with Crippen LogP contribution in [-0.2, 0) is 9.59 Å². The van der Waals surface area contributed by atoms with Gasteiger partial charge in [-0.1, -0.05) is 50.6 Å². The topological polar surface area (TPSA) is 66.4 Å². The van der Waals surface area contributed by atoms with E-state index in [-0.39, 0.29) is 11.9 Å². The van der Waals surface area contributed by atoms with Crippen LogP contribution in [0.4, 0.5) is 0 Å². The van der Waals surface area contributed by atoms with Gasteiger partial charge in [-0.25, -0.2) is 0 Å². The van der Waals surface area contributed by atoms with Crippen LogP contribution in [0.3, 0.4) is 0 Å². The van der Waals surface area contributed by atoms with E-state index in [0.29, 0.717) is 24.2 Å². The zero-order valence-electron chi connectivity index (χ0n) is 15.9. The molecular formula is C22H31NO3. The Morgan fingerprint density at radius 2 is 1.65 bits per heavy atom. The molecule has 0 saturated heterocycles. The lowest BCUT2D eigenvalue weighted by Crippen LogP contribution is -2.41. The van der Waals surface area contributed by atoms with Crippen LogP contribution >= 0.6 is 0 Å². The van der Waals surface area contributed by atoms with Crippen molar-refractivity contribution >= 4 is 11.9 Å². The van der Waals surface area contributed by atoms with Crippen LogP contribution in [0.5, 0.6) is 0 Å². The van der Waals surface area contributed by atoms with Gasteiger partial charge in [0, 0.05) is 0 Å². The van der Waals surface area contributed by atoms with Crippen molar-refractivity contribution in [1.82, 2.24) is 5.32 Å². The lowest BCUT2D eigenvalue weighted by atomic mass is 9.70. The molecule has 1 aromatic rings. The van der Waals surface area contributed by atoms with E-state index >= 15 is 0 Å². The molecule has 2 saturated carbocycles. The van der Waals surface area contributed by atoms with E-state index in [0.717, 1.165) is 37.7 Å². The largest absolute Gasteiger partial charge is 0.481 e. The third kappa shape index (κ3) is 4.28. The molecule has 1 amide bonds. The summed E-state index contributed by atoms with van der Waals surface area (Å²) in [5.41, 5.74) is 1.51. The van der Waals surface area contributed by atoms with Gasteiger partial charge in [0.15, 0.2) is 0 Å². The van der Waals surface area contributed by atoms with Crippen molar-refractivity contribution in [2.24, 2.45) is 23.2 Å². The van der Waals surface area contributed by atoms with Crippen molar-refractivity contribution < 1.29 is 14.7 Å². The monoisotopic (exact) mass is 357 g/mol. The summed E-state index contributed by atoms with van der Waals surface area (Å²) in [6, 6.07) is 10.1. The Morgan fingerprint density at radius 1 is 1.04 bits per heavy atom. The van der Waals surface area contributed by atoms with Gasteiger partial charge in [-0.15, -0.1) is 0 Å². The molecule has 3 atom stereocenters. The average molecular weight is 357 g/mol. The molecule has 2 N–H and O–H groups in total. The molecule has 3 rings (SSSR count). The van der Waals surface area contributed by atoms with E-state index in [1.165, 1.54) is 0 Å². The first-order valence-electron chi connectivity index (χ1n) is 9.95. The predicted octanol–water partition coefficient (Wildman–Crippen LogP) is 4.56. The van der Waals surface area contributed by atoms with Crippen molar-refractivity contribution in [3.05, 3.63) is 35.9 Å². The smallest absolute Gasteiger partial charge is 0.307 e. The molecule has 0 aliphatic heterocycles. The van der Waals surface area contributed by atoms with Crippen molar-refractivity contribution in [2.45, 2.75) is 64.8 Å². The Morgan fingerprint density at radius 3 is 2.27 bits per heavy atom. The van der Waals surface area contributed by atoms with Crippen molar-refractivity contribution in [2.75, 3.05) is 0 Å². The fourth-order valence-electron chi connectivity index (χ4n) is 4.72. The van der Waals surface area contributed by atoms with Gasteiger partial charge in [0.25, 0.3) is 0 Å². The van der Waals surface area contributed by atoms with Crippen LogP contribution < -0.4 is 5.32 Å². The number of hydrogen-bond acceptors (Lipinski definition) is 2. The van der Waals surface area contributed by atoms with Gasteiger partial charge in [0.05, 0.1) is 17.9 Å². The lowest BCUT2D eigenvalue weighted by molar-refractivity contribution is -0.146. The zero-order valence-corrected chi connectivity index (χ0v) is 15.9. The molecule has 4 heteroatoms. The Balaban J connectivity index is 1.76. The van der Waals surface area contributed by atoms with Crippen LogP contribution in [0.25, 0.3) is 0 Å². The maximum absolute atomic E-state index is 12.9. The molecule has 2 aliphatic carbocycles. The van der Waals surface area contributed by atoms with E-state index in [1.807, 2.05) is 18.2 Å². The molecule has 0 radical (unpaired) electrons. The van der Waals surface area contributed by atoms with Crippen molar-refractivity contribution in [3.63, 3.8) is 0 Å². The van der Waals surface area contributed by atoms with Gasteiger partial charge in [0.2, 0.25) is 5.91 Å². The second-order valence-corrected chi connectivity index (χ2v) is 8.88. The fourth-order valence-corrected chi connectivity index (χ4v) is 4.72. The van der Waals surface area contributed by atoms with Crippen LogP contribution in [-0.4, -0.2) is 17.0 Å². The summed E-state index contributed by atoms with van der Waals surface area (Å²) in [7, 11) is 0. The first-order valence-corrected chi connectivity index (χ1v) is 9.95. The quantitative estimate of drug-likeness (QED) is 0.812. The molecule has 1 aromatic carbocycles. The number of carboxylic acids is 1. The van der Waals surface area contributed by atoms with Gasteiger partial charge in [-0.05, 0) is 55.4 Å². The third-order valence-electron chi connectivity index (χ3n) is 6.48. The lowest BCUT2D eigenvalue weighted by Gasteiger charge is -2.39. The molecule has 0 spiro atoms. The first-order chi connectivity index (χ1) is 12.4. The molecular weight excluding hydrogens is 326 g/mol. The third-order valence-corrected chi connectivity index (χ3v) is 6.48. The maximum atomic E-state index is 12.9. The number of carboxylic acid groups (broad SMARTS) is 1. The highest BCUT2D eigenvalue weighted by atomic mass is 16.4. The van der Waals surface area contributed by atoms with E-state index in [9.17, 15) is 14.7 Å². The summed E-state index contributed by atoms with van der Waals surface area (Å²) < 4.78 is 0. The summed E-state index contributed by atoms with van der Waals surface area (Å²) in [6.07, 6.45) is 6.64. The van der Waals surface area contributed by atoms with Gasteiger partial charge in [-0.3, -0.25) is 9.59 Å². The predicted molar refractivity (Wildman–Crippen MR) is 102 cm³/mol. The zero-order chi connectivity index (χ0) is 18.7. The summed E-state index contributed by atoms with van der Waals surface area (Å²) in [5, 5.41) is 12.7. The van der Waals surface area contributed by atoms with Gasteiger partial charge >= 0.3 is 5.97 Å². The average Bonchev–Trinajstić information content (AvgIpc) is 3.11.